The zero-order chi connectivity index (χ0) is 15.2. The van der Waals surface area contributed by atoms with Crippen LogP contribution >= 0.6 is 0 Å². The molecule has 0 radical (unpaired) electrons. The van der Waals surface area contributed by atoms with Crippen molar-refractivity contribution in [3.8, 4) is 0 Å². The summed E-state index contributed by atoms with van der Waals surface area (Å²) in [5.41, 5.74) is 5.52. The molecule has 0 heterocycles. The highest BCUT2D eigenvalue weighted by Crippen LogP contribution is 2.31. The van der Waals surface area contributed by atoms with E-state index in [1.165, 1.54) is 0 Å². The first-order valence-corrected chi connectivity index (χ1v) is 7.43. The second kappa shape index (κ2) is 7.86. The molecule has 0 spiro atoms. The molecule has 1 aliphatic rings. The number of nitrogens with zero attached hydrogens (tertiary/aromatic N) is 1. The Morgan fingerprint density at radius 2 is 1.95 bits per heavy atom. The minimum atomic E-state index is -4.31. The van der Waals surface area contributed by atoms with E-state index >= 15 is 0 Å². The lowest BCUT2D eigenvalue weighted by molar-refractivity contribution is -0.162. The van der Waals surface area contributed by atoms with Crippen molar-refractivity contribution >= 4 is 5.91 Å². The van der Waals surface area contributed by atoms with Crippen molar-refractivity contribution in [2.75, 3.05) is 13.1 Å². The molecule has 0 bridgehead atoms. The molecule has 6 heteroatoms. The van der Waals surface area contributed by atoms with Crippen LogP contribution in [0, 0.1) is 5.92 Å². The van der Waals surface area contributed by atoms with Crippen molar-refractivity contribution < 1.29 is 18.0 Å². The molecule has 2 N–H and O–H groups in total. The highest BCUT2D eigenvalue weighted by Gasteiger charge is 2.40. The summed E-state index contributed by atoms with van der Waals surface area (Å²) in [4.78, 5) is 13.0. The van der Waals surface area contributed by atoms with Gasteiger partial charge in [-0.25, -0.2) is 0 Å². The van der Waals surface area contributed by atoms with Crippen molar-refractivity contribution in [2.24, 2.45) is 11.7 Å². The fourth-order valence-corrected chi connectivity index (χ4v) is 2.55. The van der Waals surface area contributed by atoms with Crippen LogP contribution in [0.4, 0.5) is 13.2 Å². The molecule has 0 aromatic rings. The van der Waals surface area contributed by atoms with Gasteiger partial charge in [-0.15, -0.1) is 0 Å². The van der Waals surface area contributed by atoms with Crippen LogP contribution in [0.25, 0.3) is 0 Å². The second-order valence-electron chi connectivity index (χ2n) is 5.64. The minimum Gasteiger partial charge on any atom is -0.331 e. The molecule has 1 atom stereocenters. The second-order valence-corrected chi connectivity index (χ2v) is 5.64. The van der Waals surface area contributed by atoms with E-state index < -0.39 is 12.7 Å². The van der Waals surface area contributed by atoms with Crippen LogP contribution < -0.4 is 5.73 Å². The Hall–Kier alpha value is -0.780. The summed E-state index contributed by atoms with van der Waals surface area (Å²) in [6.07, 6.45) is 0.761. The third-order valence-corrected chi connectivity index (χ3v) is 3.70. The predicted molar refractivity (Wildman–Crippen MR) is 72.1 cm³/mol. The molecule has 1 saturated carbocycles. The van der Waals surface area contributed by atoms with Gasteiger partial charge in [-0.05, 0) is 38.1 Å². The summed E-state index contributed by atoms with van der Waals surface area (Å²) in [7, 11) is 0. The van der Waals surface area contributed by atoms with Gasteiger partial charge in [-0.3, -0.25) is 4.79 Å². The number of alkyl halides is 3. The Morgan fingerprint density at radius 3 is 2.40 bits per heavy atom. The maximum atomic E-state index is 12.5. The zero-order valence-electron chi connectivity index (χ0n) is 12.1. The van der Waals surface area contributed by atoms with Crippen LogP contribution in [0.3, 0.4) is 0 Å². The van der Waals surface area contributed by atoms with E-state index in [0.29, 0.717) is 31.7 Å². The van der Waals surface area contributed by atoms with E-state index in [1.807, 2.05) is 0 Å². The highest BCUT2D eigenvalue weighted by molar-refractivity contribution is 5.76. The monoisotopic (exact) mass is 294 g/mol. The number of carbonyl (C=O) groups excluding carboxylic acids is 1. The van der Waals surface area contributed by atoms with Gasteiger partial charge in [0.25, 0.3) is 0 Å². The van der Waals surface area contributed by atoms with Gasteiger partial charge in [0.15, 0.2) is 0 Å². The number of amides is 1. The Balaban J connectivity index is 2.45. The fraction of sp³-hybridized carbons (Fsp3) is 0.929. The van der Waals surface area contributed by atoms with Crippen LogP contribution in [0.15, 0.2) is 0 Å². The number of hydrogen-bond acceptors (Lipinski definition) is 2. The van der Waals surface area contributed by atoms with Crippen LogP contribution in [0.2, 0.25) is 0 Å². The summed E-state index contributed by atoms with van der Waals surface area (Å²) < 4.78 is 37.5. The summed E-state index contributed by atoms with van der Waals surface area (Å²) in [6, 6.07) is -0.191. The van der Waals surface area contributed by atoms with Crippen molar-refractivity contribution in [2.45, 2.75) is 64.1 Å². The first kappa shape index (κ1) is 17.3. The number of nitrogens with two attached hydrogens (primary N) is 1. The maximum Gasteiger partial charge on any atom is 0.406 e. The predicted octanol–water partition coefficient (Wildman–Crippen LogP) is 3.09. The van der Waals surface area contributed by atoms with Gasteiger partial charge in [0.1, 0.15) is 6.54 Å². The normalized spacial score (nSPS) is 17.1. The fourth-order valence-electron chi connectivity index (χ4n) is 2.55. The van der Waals surface area contributed by atoms with E-state index in [-0.39, 0.29) is 18.4 Å². The topological polar surface area (TPSA) is 46.3 Å². The van der Waals surface area contributed by atoms with Crippen molar-refractivity contribution in [3.05, 3.63) is 0 Å². The lowest BCUT2D eigenvalue weighted by Gasteiger charge is -2.25. The first-order valence-electron chi connectivity index (χ1n) is 7.43. The number of carbonyl (C=O) groups is 1. The first-order chi connectivity index (χ1) is 9.37. The third kappa shape index (κ3) is 6.59. The molecule has 1 aliphatic carbocycles. The lowest BCUT2D eigenvalue weighted by atomic mass is 9.94. The van der Waals surface area contributed by atoms with Crippen molar-refractivity contribution in [1.29, 1.82) is 0 Å². The summed E-state index contributed by atoms with van der Waals surface area (Å²) in [6.45, 7) is 1.52. The van der Waals surface area contributed by atoms with Crippen LogP contribution in [-0.4, -0.2) is 36.1 Å². The van der Waals surface area contributed by atoms with Gasteiger partial charge in [0.2, 0.25) is 5.91 Å². The Morgan fingerprint density at radius 1 is 1.30 bits per heavy atom. The molecular formula is C14H25F3N2O. The molecular weight excluding hydrogens is 269 g/mol. The maximum absolute atomic E-state index is 12.5. The zero-order valence-corrected chi connectivity index (χ0v) is 12.1. The van der Waals surface area contributed by atoms with Crippen molar-refractivity contribution in [3.63, 3.8) is 0 Å². The smallest absolute Gasteiger partial charge is 0.331 e. The van der Waals surface area contributed by atoms with E-state index in [0.717, 1.165) is 24.2 Å². The average Bonchev–Trinajstić information content (AvgIpc) is 3.16. The van der Waals surface area contributed by atoms with Crippen molar-refractivity contribution in [1.82, 2.24) is 4.90 Å². The van der Waals surface area contributed by atoms with E-state index in [1.54, 1.807) is 0 Å². The SMILES string of the molecule is CCCC(CCN)CCC(=O)N(CC(F)(F)F)C1CC1. The van der Waals surface area contributed by atoms with E-state index in [4.69, 9.17) is 5.73 Å². The largest absolute Gasteiger partial charge is 0.406 e. The molecule has 1 unspecified atom stereocenters. The van der Waals surface area contributed by atoms with Gasteiger partial charge in [0.05, 0.1) is 0 Å². The number of hydrogen-bond donors (Lipinski definition) is 1. The molecule has 20 heavy (non-hydrogen) atoms. The minimum absolute atomic E-state index is 0.191. The van der Waals surface area contributed by atoms with E-state index in [2.05, 4.69) is 6.92 Å². The number of halogens is 3. The molecule has 0 aliphatic heterocycles. The van der Waals surface area contributed by atoms with Gasteiger partial charge in [-0.2, -0.15) is 13.2 Å². The van der Waals surface area contributed by atoms with Gasteiger partial charge >= 0.3 is 6.18 Å². The molecule has 1 fully saturated rings. The Bertz CT molecular complexity index is 297. The summed E-state index contributed by atoms with van der Waals surface area (Å²) in [5, 5.41) is 0. The van der Waals surface area contributed by atoms with Gasteiger partial charge in [0, 0.05) is 12.5 Å². The average molecular weight is 294 g/mol. The Labute approximate surface area is 118 Å². The van der Waals surface area contributed by atoms with Crippen LogP contribution in [0.1, 0.15) is 51.9 Å². The molecule has 1 amide bonds. The molecule has 118 valence electrons. The molecule has 3 nitrogen and oxygen atoms in total. The highest BCUT2D eigenvalue weighted by atomic mass is 19.4. The van der Waals surface area contributed by atoms with Gasteiger partial charge < -0.3 is 10.6 Å². The van der Waals surface area contributed by atoms with Crippen LogP contribution in [0.5, 0.6) is 0 Å². The third-order valence-electron chi connectivity index (χ3n) is 3.70. The molecule has 0 saturated heterocycles. The summed E-state index contributed by atoms with van der Waals surface area (Å²) >= 11 is 0. The van der Waals surface area contributed by atoms with Crippen LogP contribution in [-0.2, 0) is 4.79 Å². The van der Waals surface area contributed by atoms with E-state index in [9.17, 15) is 18.0 Å². The molecule has 0 aromatic heterocycles. The van der Waals surface area contributed by atoms with Gasteiger partial charge in [-0.1, -0.05) is 19.8 Å². The summed E-state index contributed by atoms with van der Waals surface area (Å²) in [5.74, 6) is -0.0103. The Kier molecular flexibility index (Phi) is 6.79. The lowest BCUT2D eigenvalue weighted by Crippen LogP contribution is -2.40. The molecule has 1 rings (SSSR count). The number of rotatable bonds is 9. The quantitative estimate of drug-likeness (QED) is 0.710. The standard InChI is InChI=1S/C14H25F3N2O/c1-2-3-11(8-9-18)4-7-13(20)19(12-5-6-12)10-14(15,16)17/h11-12H,2-10,18H2,1H3. The molecule has 0 aromatic carbocycles.